The van der Waals surface area contributed by atoms with E-state index in [9.17, 15) is 9.90 Å². The molecule has 194 valence electrons. The van der Waals surface area contributed by atoms with Crippen LogP contribution in [0.1, 0.15) is 90.2 Å². The zero-order valence-electron chi connectivity index (χ0n) is 22.3. The number of ether oxygens (including phenoxy) is 2. The molecule has 5 nitrogen and oxygen atoms in total. The number of fused-ring (bicyclic) bond motifs is 5. The van der Waals surface area contributed by atoms with Gasteiger partial charge in [-0.15, -0.1) is 0 Å². The van der Waals surface area contributed by atoms with Crippen molar-refractivity contribution in [3.8, 4) is 6.07 Å². The first-order valence-electron chi connectivity index (χ1n) is 13.8. The molecule has 0 heterocycles. The Morgan fingerprint density at radius 1 is 1.08 bits per heavy atom. The van der Waals surface area contributed by atoms with Gasteiger partial charge in [0.2, 0.25) is 0 Å². The average molecular weight is 492 g/mol. The number of benzene rings is 1. The minimum absolute atomic E-state index is 0.0708. The Balaban J connectivity index is 1.33. The second kappa shape index (κ2) is 9.08. The van der Waals surface area contributed by atoms with E-state index in [-0.39, 0.29) is 16.6 Å². The lowest BCUT2D eigenvalue weighted by atomic mass is 9.46. The fraction of sp³-hybridized carbons (Fsp3) is 0.677. The molecule has 3 unspecified atom stereocenters. The summed E-state index contributed by atoms with van der Waals surface area (Å²) in [6.07, 6.45) is 9.55. The average Bonchev–Trinajstić information content (AvgIpc) is 3.17. The van der Waals surface area contributed by atoms with Crippen LogP contribution in [-0.4, -0.2) is 28.9 Å². The van der Waals surface area contributed by atoms with Gasteiger partial charge in [0.1, 0.15) is 5.60 Å². The molecule has 5 rings (SSSR count). The highest BCUT2D eigenvalue weighted by Crippen LogP contribution is 2.68. The summed E-state index contributed by atoms with van der Waals surface area (Å²) in [5, 5.41) is 20.4. The van der Waals surface area contributed by atoms with E-state index in [1.54, 1.807) is 19.1 Å². The summed E-state index contributed by atoms with van der Waals surface area (Å²) in [4.78, 5) is 12.9. The predicted octanol–water partition coefficient (Wildman–Crippen LogP) is 6.09. The number of aliphatic hydroxyl groups is 1. The van der Waals surface area contributed by atoms with Crippen molar-refractivity contribution >= 4 is 5.78 Å². The molecule has 36 heavy (non-hydrogen) atoms. The van der Waals surface area contributed by atoms with Crippen molar-refractivity contribution in [2.24, 2.45) is 28.6 Å². The quantitative estimate of drug-likeness (QED) is 0.385. The van der Waals surface area contributed by atoms with Gasteiger partial charge in [0.05, 0.1) is 18.2 Å². The van der Waals surface area contributed by atoms with E-state index in [1.807, 2.05) is 19.1 Å². The van der Waals surface area contributed by atoms with Crippen molar-refractivity contribution in [2.75, 3.05) is 6.61 Å². The van der Waals surface area contributed by atoms with E-state index in [2.05, 4.69) is 26.0 Å². The van der Waals surface area contributed by atoms with Crippen molar-refractivity contribution in [3.63, 3.8) is 0 Å². The molecule has 5 heteroatoms. The number of Topliss-reactive ketones (excluding diaryl/α,β-unsaturated/α-hetero) is 1. The molecular weight excluding hydrogens is 450 g/mol. The van der Waals surface area contributed by atoms with Crippen molar-refractivity contribution < 1.29 is 19.4 Å². The van der Waals surface area contributed by atoms with E-state index < -0.39 is 11.4 Å². The normalized spacial score (nSPS) is 41.4. The van der Waals surface area contributed by atoms with Crippen LogP contribution in [-0.2, 0) is 20.9 Å². The summed E-state index contributed by atoms with van der Waals surface area (Å²) in [5.41, 5.74) is 2.28. The molecule has 0 saturated heterocycles. The monoisotopic (exact) mass is 491 g/mol. The Morgan fingerprint density at radius 3 is 2.47 bits per heavy atom. The molecule has 0 aromatic heterocycles. The summed E-state index contributed by atoms with van der Waals surface area (Å²) < 4.78 is 12.4. The van der Waals surface area contributed by atoms with Gasteiger partial charge in [-0.25, -0.2) is 0 Å². The maximum Gasteiger partial charge on any atom is 0.169 e. The molecule has 1 aromatic rings. The number of carbonyl (C=O) groups is 1. The number of hydrogen-bond acceptors (Lipinski definition) is 5. The molecule has 0 bridgehead atoms. The number of nitriles is 1. The molecular formula is C31H41NO4. The standard InChI is InChI=1S/C31H41NO4/c1-5-35-31(21(2)33)15-13-27-25-11-10-24-18-30(34,36-20-23-8-6-22(19-32)7-9-23)17-16-28(24,3)26(25)12-14-29(27,31)4/h6-10,25-27,34H,5,11-18,20H2,1-4H3/t25?,26?,27?,28-,29-,30-,31+/m0/s1. The van der Waals surface area contributed by atoms with Crippen molar-refractivity contribution in [1.29, 1.82) is 5.26 Å². The van der Waals surface area contributed by atoms with Crippen LogP contribution >= 0.6 is 0 Å². The molecule has 0 spiro atoms. The molecule has 0 aliphatic heterocycles. The van der Waals surface area contributed by atoms with Crippen molar-refractivity contribution in [2.45, 2.75) is 97.1 Å². The number of allylic oxidation sites excluding steroid dienone is 1. The maximum absolute atomic E-state index is 12.9. The van der Waals surface area contributed by atoms with Crippen LogP contribution in [0.4, 0.5) is 0 Å². The molecule has 0 radical (unpaired) electrons. The van der Waals surface area contributed by atoms with E-state index in [4.69, 9.17) is 14.7 Å². The number of ketones is 1. The topological polar surface area (TPSA) is 79.6 Å². The Labute approximate surface area is 215 Å². The summed E-state index contributed by atoms with van der Waals surface area (Å²) in [6, 6.07) is 9.50. The van der Waals surface area contributed by atoms with Gasteiger partial charge in [0.25, 0.3) is 0 Å². The Kier molecular flexibility index (Phi) is 6.47. The van der Waals surface area contributed by atoms with Crippen LogP contribution in [0.2, 0.25) is 0 Å². The summed E-state index contributed by atoms with van der Waals surface area (Å²) in [7, 11) is 0. The van der Waals surface area contributed by atoms with Crippen LogP contribution < -0.4 is 0 Å². The van der Waals surface area contributed by atoms with Crippen LogP contribution in [0, 0.1) is 39.9 Å². The van der Waals surface area contributed by atoms with Gasteiger partial charge in [-0.2, -0.15) is 5.26 Å². The number of carbonyl (C=O) groups excluding carboxylic acids is 1. The Hall–Kier alpha value is -2.00. The zero-order valence-corrected chi connectivity index (χ0v) is 22.3. The minimum atomic E-state index is -1.15. The molecule has 4 aliphatic rings. The molecule has 4 aliphatic carbocycles. The fourth-order valence-electron chi connectivity index (χ4n) is 8.80. The lowest BCUT2D eigenvalue weighted by Gasteiger charge is -2.60. The van der Waals surface area contributed by atoms with Crippen LogP contribution in [0.25, 0.3) is 0 Å². The SMILES string of the molecule is CCO[C@@]1(C(C)=O)CCC2C3CC=C4C[C@@](O)(OCc5ccc(C#N)cc5)CC[C@]4(C)C3CC[C@@]21C. The first-order valence-corrected chi connectivity index (χ1v) is 13.8. The Morgan fingerprint density at radius 2 is 1.81 bits per heavy atom. The van der Waals surface area contributed by atoms with E-state index in [1.165, 1.54) is 5.57 Å². The van der Waals surface area contributed by atoms with Crippen molar-refractivity contribution in [1.82, 2.24) is 0 Å². The number of nitrogens with zero attached hydrogens (tertiary/aromatic N) is 1. The summed E-state index contributed by atoms with van der Waals surface area (Å²) in [5.74, 6) is 0.678. The van der Waals surface area contributed by atoms with Gasteiger partial charge in [0.15, 0.2) is 11.6 Å². The van der Waals surface area contributed by atoms with E-state index in [0.717, 1.165) is 44.1 Å². The van der Waals surface area contributed by atoms with Gasteiger partial charge in [-0.05, 0) is 93.2 Å². The highest BCUT2D eigenvalue weighted by molar-refractivity contribution is 5.86. The summed E-state index contributed by atoms with van der Waals surface area (Å²) >= 11 is 0. The molecule has 0 amide bonds. The molecule has 1 aromatic carbocycles. The smallest absolute Gasteiger partial charge is 0.169 e. The Bertz CT molecular complexity index is 1090. The third kappa shape index (κ3) is 3.80. The van der Waals surface area contributed by atoms with Gasteiger partial charge < -0.3 is 14.6 Å². The summed E-state index contributed by atoms with van der Waals surface area (Å²) in [6.45, 7) is 9.40. The third-order valence-corrected chi connectivity index (χ3v) is 10.8. The van der Waals surface area contributed by atoms with Crippen LogP contribution in [0.5, 0.6) is 0 Å². The van der Waals surface area contributed by atoms with Gasteiger partial charge >= 0.3 is 0 Å². The lowest BCUT2D eigenvalue weighted by Crippen LogP contribution is -2.58. The minimum Gasteiger partial charge on any atom is -0.367 e. The zero-order chi connectivity index (χ0) is 25.8. The second-order valence-electron chi connectivity index (χ2n) is 12.3. The first-order chi connectivity index (χ1) is 17.1. The highest BCUT2D eigenvalue weighted by atomic mass is 16.6. The lowest BCUT2D eigenvalue weighted by molar-refractivity contribution is -0.232. The first kappa shape index (κ1) is 25.6. The van der Waals surface area contributed by atoms with Gasteiger partial charge in [-0.3, -0.25) is 4.79 Å². The fourth-order valence-corrected chi connectivity index (χ4v) is 8.80. The largest absolute Gasteiger partial charge is 0.367 e. The molecule has 7 atom stereocenters. The predicted molar refractivity (Wildman–Crippen MR) is 138 cm³/mol. The van der Waals surface area contributed by atoms with Crippen LogP contribution in [0.3, 0.4) is 0 Å². The number of rotatable bonds is 6. The second-order valence-corrected chi connectivity index (χ2v) is 12.3. The van der Waals surface area contributed by atoms with Crippen LogP contribution in [0.15, 0.2) is 35.9 Å². The molecule has 3 fully saturated rings. The third-order valence-electron chi connectivity index (χ3n) is 10.8. The highest BCUT2D eigenvalue weighted by Gasteiger charge is 2.66. The van der Waals surface area contributed by atoms with E-state index in [0.29, 0.717) is 49.4 Å². The van der Waals surface area contributed by atoms with Gasteiger partial charge in [-0.1, -0.05) is 37.6 Å². The van der Waals surface area contributed by atoms with Crippen molar-refractivity contribution in [3.05, 3.63) is 47.0 Å². The van der Waals surface area contributed by atoms with Gasteiger partial charge in [0, 0.05) is 24.9 Å². The van der Waals surface area contributed by atoms with E-state index >= 15 is 0 Å². The number of hydrogen-bond donors (Lipinski definition) is 1. The maximum atomic E-state index is 12.9. The molecule has 1 N–H and O–H groups in total. The molecule has 3 saturated carbocycles.